The first-order valence-electron chi connectivity index (χ1n) is 8.37. The molecule has 0 atom stereocenters. The van der Waals surface area contributed by atoms with Crippen molar-refractivity contribution < 1.29 is 19.8 Å². The molecule has 1 aliphatic heterocycles. The zero-order valence-corrected chi connectivity index (χ0v) is 13.8. The number of aromatic carboxylic acids is 1. The molecule has 0 spiro atoms. The van der Waals surface area contributed by atoms with Crippen molar-refractivity contribution in [1.82, 2.24) is 9.47 Å². The topological polar surface area (TPSA) is 82.8 Å². The van der Waals surface area contributed by atoms with Gasteiger partial charge in [0.05, 0.1) is 17.7 Å². The van der Waals surface area contributed by atoms with Crippen molar-refractivity contribution in [3.8, 4) is 0 Å². The highest BCUT2D eigenvalue weighted by Crippen LogP contribution is 2.33. The number of hydrogen-bond donors (Lipinski definition) is 2. The molecule has 0 fully saturated rings. The number of carboxylic acid groups (broad SMARTS) is 1. The summed E-state index contributed by atoms with van der Waals surface area (Å²) in [5, 5.41) is 19.7. The minimum atomic E-state index is -1.02. The fourth-order valence-corrected chi connectivity index (χ4v) is 3.53. The van der Waals surface area contributed by atoms with Crippen LogP contribution in [-0.2, 0) is 13.0 Å². The third-order valence-electron chi connectivity index (χ3n) is 4.64. The van der Waals surface area contributed by atoms with Gasteiger partial charge in [-0.1, -0.05) is 25.5 Å². The number of fused-ring (bicyclic) bond motifs is 3. The summed E-state index contributed by atoms with van der Waals surface area (Å²) in [4.78, 5) is 26.4. The molecule has 1 aliphatic rings. The first-order valence-corrected chi connectivity index (χ1v) is 8.37. The minimum absolute atomic E-state index is 0.0642. The van der Waals surface area contributed by atoms with Gasteiger partial charge in [0.15, 0.2) is 0 Å². The van der Waals surface area contributed by atoms with E-state index in [9.17, 15) is 19.8 Å². The van der Waals surface area contributed by atoms with Gasteiger partial charge in [-0.2, -0.15) is 0 Å². The lowest BCUT2D eigenvalue weighted by Gasteiger charge is -2.28. The maximum Gasteiger partial charge on any atom is 0.337 e. The number of nitrogens with zero attached hydrogens (tertiary/aromatic N) is 2. The van der Waals surface area contributed by atoms with Crippen molar-refractivity contribution in [3.63, 3.8) is 0 Å². The molecule has 6 nitrogen and oxygen atoms in total. The lowest BCUT2D eigenvalue weighted by atomic mass is 10.0. The molecule has 1 amide bonds. The van der Waals surface area contributed by atoms with Gasteiger partial charge in [0.1, 0.15) is 5.69 Å². The predicted octanol–water partition coefficient (Wildman–Crippen LogP) is 2.13. The Labute approximate surface area is 140 Å². The molecule has 2 N–H and O–H groups in total. The average molecular weight is 330 g/mol. The van der Waals surface area contributed by atoms with Gasteiger partial charge >= 0.3 is 5.97 Å². The molecule has 3 rings (SSSR count). The van der Waals surface area contributed by atoms with Gasteiger partial charge < -0.3 is 19.7 Å². The van der Waals surface area contributed by atoms with Crippen molar-refractivity contribution in [2.75, 3.05) is 19.7 Å². The summed E-state index contributed by atoms with van der Waals surface area (Å²) in [5.41, 5.74) is 2.15. The largest absolute Gasteiger partial charge is 0.478 e. The van der Waals surface area contributed by atoms with E-state index >= 15 is 0 Å². The van der Waals surface area contributed by atoms with Crippen molar-refractivity contribution in [2.45, 2.75) is 32.7 Å². The van der Waals surface area contributed by atoms with Crippen molar-refractivity contribution in [1.29, 1.82) is 0 Å². The number of aliphatic hydroxyl groups is 1. The summed E-state index contributed by atoms with van der Waals surface area (Å²) < 4.78 is 1.69. The summed E-state index contributed by atoms with van der Waals surface area (Å²) in [6.07, 6.45) is 2.67. The number of rotatable bonds is 6. The van der Waals surface area contributed by atoms with Crippen LogP contribution in [0.1, 0.15) is 46.2 Å². The summed E-state index contributed by atoms with van der Waals surface area (Å²) in [7, 11) is 0. The number of benzene rings is 1. The molecule has 2 heterocycles. The quantitative estimate of drug-likeness (QED) is 0.850. The van der Waals surface area contributed by atoms with E-state index in [0.717, 1.165) is 23.8 Å². The van der Waals surface area contributed by atoms with Gasteiger partial charge in [0.2, 0.25) is 0 Å². The number of carbonyl (C=O) groups is 2. The molecule has 0 unspecified atom stereocenters. The third kappa shape index (κ3) is 2.57. The molecule has 1 aromatic carbocycles. The Morgan fingerprint density at radius 1 is 1.29 bits per heavy atom. The molecule has 0 bridgehead atoms. The lowest BCUT2D eigenvalue weighted by Crippen LogP contribution is -2.39. The second-order valence-corrected chi connectivity index (χ2v) is 6.11. The zero-order valence-electron chi connectivity index (χ0n) is 13.8. The van der Waals surface area contributed by atoms with E-state index in [1.165, 1.54) is 0 Å². The SMILES string of the molecule is CCCCN1CCc2c(n(CCO)c3c(C(=O)O)cccc23)C1=O. The molecule has 1 aromatic heterocycles. The summed E-state index contributed by atoms with van der Waals surface area (Å²) in [6, 6.07) is 5.12. The van der Waals surface area contributed by atoms with Gasteiger partial charge in [0.25, 0.3) is 5.91 Å². The van der Waals surface area contributed by atoms with Gasteiger partial charge in [-0.15, -0.1) is 0 Å². The standard InChI is InChI=1S/C18H22N2O4/c1-2-3-8-19-9-7-13-12-5-4-6-14(18(23)24)15(12)20(10-11-21)16(13)17(19)22/h4-6,21H,2-3,7-11H2,1H3,(H,23,24). The Morgan fingerprint density at radius 2 is 2.08 bits per heavy atom. The van der Waals surface area contributed by atoms with Crippen LogP contribution in [0.25, 0.3) is 10.9 Å². The molecule has 128 valence electrons. The third-order valence-corrected chi connectivity index (χ3v) is 4.64. The van der Waals surface area contributed by atoms with E-state index in [2.05, 4.69) is 6.92 Å². The Balaban J connectivity index is 2.21. The molecule has 24 heavy (non-hydrogen) atoms. The molecule has 0 saturated carbocycles. The molecule has 6 heteroatoms. The van der Waals surface area contributed by atoms with Crippen LogP contribution >= 0.6 is 0 Å². The second-order valence-electron chi connectivity index (χ2n) is 6.11. The average Bonchev–Trinajstić information content (AvgIpc) is 2.89. The van der Waals surface area contributed by atoms with E-state index in [1.54, 1.807) is 16.7 Å². The van der Waals surface area contributed by atoms with Gasteiger partial charge in [-0.05, 0) is 24.5 Å². The summed E-state index contributed by atoms with van der Waals surface area (Å²) in [5.74, 6) is -1.09. The predicted molar refractivity (Wildman–Crippen MR) is 90.5 cm³/mol. The van der Waals surface area contributed by atoms with Crippen LogP contribution < -0.4 is 0 Å². The van der Waals surface area contributed by atoms with Gasteiger partial charge in [-0.25, -0.2) is 4.79 Å². The van der Waals surface area contributed by atoms with Crippen molar-refractivity contribution in [2.24, 2.45) is 0 Å². The first kappa shape index (κ1) is 16.5. The lowest BCUT2D eigenvalue weighted by molar-refractivity contribution is 0.0693. The zero-order chi connectivity index (χ0) is 17.3. The van der Waals surface area contributed by atoms with Gasteiger partial charge in [-0.3, -0.25) is 4.79 Å². The highest BCUT2D eigenvalue weighted by molar-refractivity contribution is 6.09. The molecule has 2 aromatic rings. The summed E-state index contributed by atoms with van der Waals surface area (Å²) in [6.45, 7) is 3.51. The second kappa shape index (κ2) is 6.65. The molecule has 0 radical (unpaired) electrons. The highest BCUT2D eigenvalue weighted by Gasteiger charge is 2.31. The number of carbonyl (C=O) groups excluding carboxylic acids is 1. The number of aromatic nitrogens is 1. The van der Waals surface area contributed by atoms with Crippen LogP contribution in [-0.4, -0.2) is 51.3 Å². The van der Waals surface area contributed by atoms with Crippen molar-refractivity contribution >= 4 is 22.8 Å². The maximum absolute atomic E-state index is 12.9. The van der Waals surface area contributed by atoms with E-state index in [-0.39, 0.29) is 24.6 Å². The number of para-hydroxylation sites is 1. The number of aliphatic hydroxyl groups excluding tert-OH is 1. The maximum atomic E-state index is 12.9. The van der Waals surface area contributed by atoms with Crippen LogP contribution in [0, 0.1) is 0 Å². The van der Waals surface area contributed by atoms with Crippen molar-refractivity contribution in [3.05, 3.63) is 35.0 Å². The van der Waals surface area contributed by atoms with Crippen LogP contribution in [0.4, 0.5) is 0 Å². The number of unbranched alkanes of at least 4 members (excludes halogenated alkanes) is 1. The number of carboxylic acids is 1. The van der Waals surface area contributed by atoms with E-state index in [0.29, 0.717) is 30.7 Å². The number of amides is 1. The van der Waals surface area contributed by atoms with E-state index in [1.807, 2.05) is 11.0 Å². The molecular weight excluding hydrogens is 308 g/mol. The molecule has 0 aliphatic carbocycles. The smallest absolute Gasteiger partial charge is 0.337 e. The Hall–Kier alpha value is -2.34. The molecule has 0 saturated heterocycles. The monoisotopic (exact) mass is 330 g/mol. The highest BCUT2D eigenvalue weighted by atomic mass is 16.4. The fourth-order valence-electron chi connectivity index (χ4n) is 3.53. The first-order chi connectivity index (χ1) is 11.6. The normalized spacial score (nSPS) is 14.2. The fraction of sp³-hybridized carbons (Fsp3) is 0.444. The van der Waals surface area contributed by atoms with E-state index < -0.39 is 5.97 Å². The Morgan fingerprint density at radius 3 is 2.75 bits per heavy atom. The van der Waals surface area contributed by atoms with E-state index in [4.69, 9.17) is 0 Å². The minimum Gasteiger partial charge on any atom is -0.478 e. The van der Waals surface area contributed by atoms with Crippen LogP contribution in [0.3, 0.4) is 0 Å². The number of hydrogen-bond acceptors (Lipinski definition) is 3. The van der Waals surface area contributed by atoms with Crippen LogP contribution in [0.5, 0.6) is 0 Å². The molecular formula is C18H22N2O4. The van der Waals surface area contributed by atoms with Crippen LogP contribution in [0.15, 0.2) is 18.2 Å². The summed E-state index contributed by atoms with van der Waals surface area (Å²) >= 11 is 0. The Bertz CT molecular complexity index is 794. The van der Waals surface area contributed by atoms with Gasteiger partial charge in [0, 0.05) is 25.0 Å². The van der Waals surface area contributed by atoms with Crippen LogP contribution in [0.2, 0.25) is 0 Å². The Kier molecular flexibility index (Phi) is 4.57.